The topological polar surface area (TPSA) is 49.3 Å². The first-order chi connectivity index (χ1) is 5.99. The van der Waals surface area contributed by atoms with E-state index in [-0.39, 0.29) is 18.4 Å². The number of carbonyl (C=O) groups excluding carboxylic acids is 1. The van der Waals surface area contributed by atoms with Crippen LogP contribution in [-0.4, -0.2) is 37.3 Å². The van der Waals surface area contributed by atoms with Crippen molar-refractivity contribution >= 4 is 12.5 Å². The molecule has 0 spiro atoms. The second kappa shape index (κ2) is 9.74. The Morgan fingerprint density at radius 2 is 1.92 bits per heavy atom. The maximum absolute atomic E-state index is 10.4. The molecule has 0 aliphatic heterocycles. The van der Waals surface area contributed by atoms with Crippen molar-refractivity contribution in [2.24, 2.45) is 0 Å². The van der Waals surface area contributed by atoms with Gasteiger partial charge in [-0.2, -0.15) is 0 Å². The Hall–Kier alpha value is -0.345. The molecule has 0 heterocycles. The van der Waals surface area contributed by atoms with Crippen LogP contribution in [0.4, 0.5) is 0 Å². The Labute approximate surface area is 82.0 Å². The van der Waals surface area contributed by atoms with Crippen LogP contribution in [0.5, 0.6) is 0 Å². The van der Waals surface area contributed by atoms with Crippen LogP contribution < -0.4 is 5.32 Å². The number of aliphatic hydroxyl groups is 1. The van der Waals surface area contributed by atoms with Gasteiger partial charge in [-0.25, -0.2) is 0 Å². The third-order valence-corrected chi connectivity index (χ3v) is 1.84. The first-order valence-electron chi connectivity index (χ1n) is 4.78. The summed E-state index contributed by atoms with van der Waals surface area (Å²) in [6.45, 7) is 8.85. The number of carbonyl (C=O) groups is 1. The summed E-state index contributed by atoms with van der Waals surface area (Å²) < 4.78 is 0. The van der Waals surface area contributed by atoms with Crippen LogP contribution in [0, 0.1) is 0 Å². The molecule has 3 nitrogen and oxygen atoms in total. The summed E-state index contributed by atoms with van der Waals surface area (Å²) >= 11 is 0. The Kier molecular flexibility index (Phi) is 11.3. The monoisotopic (exact) mass is 187 g/mol. The number of likely N-dealkylation sites (N-methyl/N-ethyl adjacent to an activating group) is 1. The molecular formula is C9H22BNO2. The fourth-order valence-electron chi connectivity index (χ4n) is 0.423. The highest BCUT2D eigenvalue weighted by molar-refractivity contribution is 6.55. The van der Waals surface area contributed by atoms with Crippen molar-refractivity contribution in [1.29, 1.82) is 0 Å². The standard InChI is InChI=1S/C5H11NO2.C4H11B/c1-4(8)5(3-7)6-2;1-4-5(2)3/h5-7H,3H2,1-2H3;4H2,1-3H3/t5-;/m0./s1. The van der Waals surface area contributed by atoms with Crippen LogP contribution in [-0.2, 0) is 4.79 Å². The first-order valence-corrected chi connectivity index (χ1v) is 4.78. The molecule has 0 fully saturated rings. The summed E-state index contributed by atoms with van der Waals surface area (Å²) in [4.78, 5) is 10.4. The van der Waals surface area contributed by atoms with Crippen molar-refractivity contribution in [3.63, 3.8) is 0 Å². The SMILES string of the molecule is CCB(C)C.CN[C@@H](CO)C(C)=O. The minimum atomic E-state index is -0.380. The average molecular weight is 187 g/mol. The lowest BCUT2D eigenvalue weighted by atomic mass is 9.53. The average Bonchev–Trinajstić information content (AvgIpc) is 2.07. The van der Waals surface area contributed by atoms with Crippen molar-refractivity contribution in [3.8, 4) is 0 Å². The minimum absolute atomic E-state index is 0.0324. The van der Waals surface area contributed by atoms with Gasteiger partial charge in [0.15, 0.2) is 0 Å². The summed E-state index contributed by atoms with van der Waals surface area (Å²) in [5.41, 5.74) is 0. The molecule has 0 saturated carbocycles. The molecular weight excluding hydrogens is 165 g/mol. The molecule has 0 aromatic carbocycles. The third kappa shape index (κ3) is 11.7. The lowest BCUT2D eigenvalue weighted by molar-refractivity contribution is -0.119. The number of Topliss-reactive ketones (excluding diaryl/α,β-unsaturated/α-hetero) is 1. The molecule has 0 aliphatic carbocycles. The maximum atomic E-state index is 10.4. The van der Waals surface area contributed by atoms with Crippen LogP contribution in [0.3, 0.4) is 0 Å². The highest BCUT2D eigenvalue weighted by atomic mass is 16.3. The molecule has 0 radical (unpaired) electrons. The van der Waals surface area contributed by atoms with E-state index < -0.39 is 0 Å². The normalized spacial score (nSPS) is 11.2. The van der Waals surface area contributed by atoms with Gasteiger partial charge in [0, 0.05) is 0 Å². The molecule has 0 amide bonds. The van der Waals surface area contributed by atoms with Gasteiger partial charge in [-0.3, -0.25) is 4.79 Å². The number of aliphatic hydroxyl groups excluding tert-OH is 1. The van der Waals surface area contributed by atoms with Gasteiger partial charge in [-0.15, -0.1) is 0 Å². The van der Waals surface area contributed by atoms with E-state index in [9.17, 15) is 4.79 Å². The Balaban J connectivity index is 0. The van der Waals surface area contributed by atoms with Gasteiger partial charge in [0.1, 0.15) is 12.5 Å². The molecule has 1 atom stereocenters. The zero-order valence-electron chi connectivity index (χ0n) is 9.42. The summed E-state index contributed by atoms with van der Waals surface area (Å²) in [5.74, 6) is -0.0324. The Morgan fingerprint density at radius 1 is 1.54 bits per heavy atom. The fraction of sp³-hybridized carbons (Fsp3) is 0.889. The summed E-state index contributed by atoms with van der Waals surface area (Å²) in [7, 11) is 1.64. The lowest BCUT2D eigenvalue weighted by Crippen LogP contribution is -2.35. The second-order valence-electron chi connectivity index (χ2n) is 3.44. The van der Waals surface area contributed by atoms with Crippen molar-refractivity contribution in [3.05, 3.63) is 0 Å². The van der Waals surface area contributed by atoms with Crippen LogP contribution in [0.25, 0.3) is 0 Å². The van der Waals surface area contributed by atoms with Crippen LogP contribution in [0.15, 0.2) is 0 Å². The molecule has 0 rings (SSSR count). The van der Waals surface area contributed by atoms with E-state index >= 15 is 0 Å². The molecule has 0 aromatic heterocycles. The summed E-state index contributed by atoms with van der Waals surface area (Å²) in [6, 6.07) is -0.380. The van der Waals surface area contributed by atoms with Gasteiger partial charge >= 0.3 is 0 Å². The number of rotatable bonds is 4. The van der Waals surface area contributed by atoms with Crippen LogP contribution in [0.1, 0.15) is 13.8 Å². The van der Waals surface area contributed by atoms with Crippen molar-refractivity contribution in [1.82, 2.24) is 5.32 Å². The van der Waals surface area contributed by atoms with E-state index in [1.807, 2.05) is 0 Å². The predicted molar refractivity (Wildman–Crippen MR) is 58.6 cm³/mol. The van der Waals surface area contributed by atoms with Crippen molar-refractivity contribution in [2.75, 3.05) is 13.7 Å². The highest BCUT2D eigenvalue weighted by Crippen LogP contribution is 1.83. The van der Waals surface area contributed by atoms with Crippen molar-refractivity contribution in [2.45, 2.75) is 39.9 Å². The number of nitrogens with one attached hydrogen (secondary N) is 1. The van der Waals surface area contributed by atoms with Gasteiger partial charge in [0.2, 0.25) is 0 Å². The Bertz CT molecular complexity index is 125. The molecule has 78 valence electrons. The van der Waals surface area contributed by atoms with Gasteiger partial charge in [-0.1, -0.05) is 26.9 Å². The summed E-state index contributed by atoms with van der Waals surface area (Å²) in [6.07, 6.45) is 1.31. The predicted octanol–water partition coefficient (Wildman–Crippen LogP) is 0.916. The van der Waals surface area contributed by atoms with E-state index in [1.54, 1.807) is 7.05 Å². The molecule has 13 heavy (non-hydrogen) atoms. The quantitative estimate of drug-likeness (QED) is 0.643. The number of hydrogen-bond acceptors (Lipinski definition) is 3. The van der Waals surface area contributed by atoms with E-state index in [1.165, 1.54) is 13.2 Å². The van der Waals surface area contributed by atoms with E-state index in [2.05, 4.69) is 25.9 Å². The zero-order chi connectivity index (χ0) is 10.9. The van der Waals surface area contributed by atoms with E-state index in [0.29, 0.717) is 0 Å². The first kappa shape index (κ1) is 15.1. The minimum Gasteiger partial charge on any atom is -0.394 e. The van der Waals surface area contributed by atoms with Crippen LogP contribution >= 0.6 is 0 Å². The van der Waals surface area contributed by atoms with Gasteiger partial charge in [0.05, 0.1) is 12.6 Å². The van der Waals surface area contributed by atoms with Crippen LogP contribution in [0.2, 0.25) is 20.0 Å². The molecule has 0 aliphatic rings. The van der Waals surface area contributed by atoms with Gasteiger partial charge < -0.3 is 10.4 Å². The third-order valence-electron chi connectivity index (χ3n) is 1.84. The largest absolute Gasteiger partial charge is 0.394 e. The smallest absolute Gasteiger partial charge is 0.149 e. The molecule has 0 saturated heterocycles. The second-order valence-corrected chi connectivity index (χ2v) is 3.44. The highest BCUT2D eigenvalue weighted by Gasteiger charge is 2.07. The molecule has 0 bridgehead atoms. The molecule has 0 aromatic rings. The van der Waals surface area contributed by atoms with Gasteiger partial charge in [0.25, 0.3) is 0 Å². The van der Waals surface area contributed by atoms with Gasteiger partial charge in [-0.05, 0) is 14.0 Å². The Morgan fingerprint density at radius 3 is 1.92 bits per heavy atom. The number of ketones is 1. The fourth-order valence-corrected chi connectivity index (χ4v) is 0.423. The molecule has 4 heteroatoms. The lowest BCUT2D eigenvalue weighted by Gasteiger charge is -2.06. The van der Waals surface area contributed by atoms with Crippen molar-refractivity contribution < 1.29 is 9.90 Å². The molecule has 2 N–H and O–H groups in total. The number of hydrogen-bond donors (Lipinski definition) is 2. The van der Waals surface area contributed by atoms with E-state index in [4.69, 9.17) is 5.11 Å². The maximum Gasteiger partial charge on any atom is 0.149 e. The zero-order valence-corrected chi connectivity index (χ0v) is 9.42. The molecule has 0 unspecified atom stereocenters. The van der Waals surface area contributed by atoms with E-state index in [0.717, 1.165) is 6.71 Å². The summed E-state index contributed by atoms with van der Waals surface area (Å²) in [5, 5.41) is 11.1.